The Morgan fingerprint density at radius 3 is 2.42 bits per heavy atom. The second-order valence-corrected chi connectivity index (χ2v) is 10.4. The van der Waals surface area contributed by atoms with E-state index in [0.717, 1.165) is 17.4 Å². The van der Waals surface area contributed by atoms with Crippen LogP contribution in [-0.4, -0.2) is 40.1 Å². The Hall–Kier alpha value is -3.50. The molecule has 1 amide bonds. The summed E-state index contributed by atoms with van der Waals surface area (Å²) >= 11 is 0. The van der Waals surface area contributed by atoms with Crippen LogP contribution < -0.4 is 15.8 Å². The Morgan fingerprint density at radius 1 is 1.15 bits per heavy atom. The van der Waals surface area contributed by atoms with Crippen LogP contribution in [0.15, 0.2) is 65.7 Å². The third-order valence-electron chi connectivity index (χ3n) is 5.53. The Bertz CT molecular complexity index is 1320. The quantitative estimate of drug-likeness (QED) is 0.382. The smallest absolute Gasteiger partial charge is 0.264 e. The maximum atomic E-state index is 12.6. The van der Waals surface area contributed by atoms with Crippen LogP contribution in [0.3, 0.4) is 0 Å². The molecule has 0 spiro atoms. The third-order valence-corrected chi connectivity index (χ3v) is 7.55. The van der Waals surface area contributed by atoms with E-state index in [0.29, 0.717) is 17.2 Å². The van der Waals surface area contributed by atoms with E-state index in [1.54, 1.807) is 24.4 Å². The van der Waals surface area contributed by atoms with Gasteiger partial charge in [-0.05, 0) is 61.2 Å². The number of carbonyl (C=O) groups is 1. The first-order chi connectivity index (χ1) is 15.5. The van der Waals surface area contributed by atoms with Crippen LogP contribution >= 0.6 is 0 Å². The zero-order chi connectivity index (χ0) is 24.2. The molecule has 10 heteroatoms. The van der Waals surface area contributed by atoms with E-state index < -0.39 is 20.5 Å². The molecule has 0 aliphatic heterocycles. The summed E-state index contributed by atoms with van der Waals surface area (Å²) in [4.78, 5) is 28.7. The summed E-state index contributed by atoms with van der Waals surface area (Å²) in [5, 5.41) is 8.92. The molecule has 174 valence electrons. The molecule has 0 bridgehead atoms. The topological polar surface area (TPSA) is 128 Å². The number of hydrogen-bond donors (Lipinski definition) is 2. The van der Waals surface area contributed by atoms with E-state index in [2.05, 4.69) is 4.98 Å². The Morgan fingerprint density at radius 2 is 1.85 bits per heavy atom. The number of nitrogens with zero attached hydrogens (tertiary/aromatic N) is 2. The molecule has 2 heterocycles. The standard InChI is InChI=1S/C23H25N3O6S/c1-16-8-11-24-20(14-16)32-19-6-4-17(5-7-19)18-9-12-26(21(27)15-18)13-10-23(2,22(28)25-29)33(3,30)31/h4-9,11-12,14-15,29H,10,13H2,1-3H3,(H,25,28). The number of rotatable bonds is 8. The zero-order valence-electron chi connectivity index (χ0n) is 18.5. The van der Waals surface area contributed by atoms with Crippen molar-refractivity contribution < 1.29 is 23.2 Å². The van der Waals surface area contributed by atoms with Crippen molar-refractivity contribution in [2.24, 2.45) is 0 Å². The van der Waals surface area contributed by atoms with Gasteiger partial charge in [0.2, 0.25) is 5.88 Å². The molecule has 0 aliphatic rings. The second-order valence-electron chi connectivity index (χ2n) is 7.94. The van der Waals surface area contributed by atoms with Gasteiger partial charge in [-0.1, -0.05) is 12.1 Å². The van der Waals surface area contributed by atoms with Crippen LogP contribution in [0.2, 0.25) is 0 Å². The SMILES string of the molecule is Cc1ccnc(Oc2ccc(-c3ccn(CCC(C)(C(=O)NO)S(C)(=O)=O)c(=O)c3)cc2)c1. The van der Waals surface area contributed by atoms with Gasteiger partial charge in [0, 0.05) is 37.3 Å². The fourth-order valence-corrected chi connectivity index (χ4v) is 4.04. The Labute approximate surface area is 191 Å². The van der Waals surface area contributed by atoms with Gasteiger partial charge in [-0.25, -0.2) is 18.9 Å². The Balaban J connectivity index is 1.75. The molecule has 2 N–H and O–H groups in total. The number of aromatic nitrogens is 2. The number of hydrogen-bond acceptors (Lipinski definition) is 7. The molecular formula is C23H25N3O6S. The molecule has 9 nitrogen and oxygen atoms in total. The van der Waals surface area contributed by atoms with Crippen molar-refractivity contribution in [3.63, 3.8) is 0 Å². The predicted octanol–water partition coefficient (Wildman–Crippen LogP) is 2.71. The molecule has 0 saturated carbocycles. The number of amides is 1. The lowest BCUT2D eigenvalue weighted by Gasteiger charge is -2.25. The molecule has 2 aromatic heterocycles. The highest BCUT2D eigenvalue weighted by molar-refractivity contribution is 7.92. The average Bonchev–Trinajstić information content (AvgIpc) is 2.77. The molecule has 3 rings (SSSR count). The van der Waals surface area contributed by atoms with Crippen molar-refractivity contribution in [3.8, 4) is 22.8 Å². The van der Waals surface area contributed by atoms with Crippen molar-refractivity contribution in [1.82, 2.24) is 15.0 Å². The summed E-state index contributed by atoms with van der Waals surface area (Å²) in [6.07, 6.45) is 3.94. The highest BCUT2D eigenvalue weighted by Crippen LogP contribution is 2.25. The van der Waals surface area contributed by atoms with Crippen molar-refractivity contribution in [3.05, 3.63) is 76.8 Å². The highest BCUT2D eigenvalue weighted by atomic mass is 32.2. The van der Waals surface area contributed by atoms with E-state index in [1.807, 2.05) is 31.2 Å². The van der Waals surface area contributed by atoms with Crippen molar-refractivity contribution in [1.29, 1.82) is 0 Å². The summed E-state index contributed by atoms with van der Waals surface area (Å²) in [6.45, 7) is 3.14. The zero-order valence-corrected chi connectivity index (χ0v) is 19.3. The normalized spacial score (nSPS) is 13.2. The number of aryl methyl sites for hydroxylation is 2. The van der Waals surface area contributed by atoms with Crippen LogP contribution in [0.1, 0.15) is 18.9 Å². The van der Waals surface area contributed by atoms with Gasteiger partial charge in [0.05, 0.1) is 0 Å². The number of pyridine rings is 2. The summed E-state index contributed by atoms with van der Waals surface area (Å²) in [7, 11) is -3.84. The monoisotopic (exact) mass is 471 g/mol. The molecule has 0 saturated heterocycles. The minimum absolute atomic E-state index is 0.0215. The van der Waals surface area contributed by atoms with Gasteiger partial charge in [-0.3, -0.25) is 14.8 Å². The first kappa shape index (κ1) is 24.1. The van der Waals surface area contributed by atoms with E-state index in [-0.39, 0.29) is 18.5 Å². The fourth-order valence-electron chi connectivity index (χ4n) is 3.19. The van der Waals surface area contributed by atoms with E-state index in [9.17, 15) is 18.0 Å². The first-order valence-corrected chi connectivity index (χ1v) is 12.0. The minimum Gasteiger partial charge on any atom is -0.439 e. The summed E-state index contributed by atoms with van der Waals surface area (Å²) < 4.78 is 29.4. The second kappa shape index (κ2) is 9.55. The molecule has 1 atom stereocenters. The van der Waals surface area contributed by atoms with E-state index in [1.165, 1.54) is 29.2 Å². The molecule has 3 aromatic rings. The number of benzene rings is 1. The fraction of sp³-hybridized carbons (Fsp3) is 0.261. The molecular weight excluding hydrogens is 446 g/mol. The molecule has 0 radical (unpaired) electrons. The van der Waals surface area contributed by atoms with Gasteiger partial charge in [-0.2, -0.15) is 0 Å². The number of ether oxygens (including phenoxy) is 1. The van der Waals surface area contributed by atoms with Crippen LogP contribution in [0.4, 0.5) is 0 Å². The minimum atomic E-state index is -3.84. The van der Waals surface area contributed by atoms with Gasteiger partial charge < -0.3 is 9.30 Å². The maximum Gasteiger partial charge on any atom is 0.264 e. The molecule has 0 aliphatic carbocycles. The summed E-state index contributed by atoms with van der Waals surface area (Å²) in [6, 6.07) is 14.0. The van der Waals surface area contributed by atoms with Gasteiger partial charge in [-0.15, -0.1) is 0 Å². The van der Waals surface area contributed by atoms with Crippen molar-refractivity contribution >= 4 is 15.7 Å². The van der Waals surface area contributed by atoms with Crippen LogP contribution in [0.25, 0.3) is 11.1 Å². The number of sulfone groups is 1. The van der Waals surface area contributed by atoms with Crippen molar-refractivity contribution in [2.45, 2.75) is 31.6 Å². The summed E-state index contributed by atoms with van der Waals surface area (Å²) in [5.74, 6) is 0.0478. The maximum absolute atomic E-state index is 12.6. The van der Waals surface area contributed by atoms with Gasteiger partial charge in [0.25, 0.3) is 11.5 Å². The average molecular weight is 472 g/mol. The lowest BCUT2D eigenvalue weighted by atomic mass is 10.1. The van der Waals surface area contributed by atoms with Gasteiger partial charge >= 0.3 is 0 Å². The lowest BCUT2D eigenvalue weighted by molar-refractivity contribution is -0.131. The van der Waals surface area contributed by atoms with Gasteiger partial charge in [0.15, 0.2) is 14.6 Å². The Kier molecular flexibility index (Phi) is 6.99. The molecule has 1 unspecified atom stereocenters. The van der Waals surface area contributed by atoms with Crippen LogP contribution in [-0.2, 0) is 21.2 Å². The van der Waals surface area contributed by atoms with Gasteiger partial charge in [0.1, 0.15) is 5.75 Å². The van der Waals surface area contributed by atoms with E-state index in [4.69, 9.17) is 9.94 Å². The number of hydroxylamine groups is 1. The van der Waals surface area contributed by atoms with E-state index >= 15 is 0 Å². The van der Waals surface area contributed by atoms with Crippen LogP contribution in [0, 0.1) is 6.92 Å². The summed E-state index contributed by atoms with van der Waals surface area (Å²) in [5.41, 5.74) is 3.55. The molecule has 33 heavy (non-hydrogen) atoms. The molecule has 1 aromatic carbocycles. The third kappa shape index (κ3) is 5.47. The lowest BCUT2D eigenvalue weighted by Crippen LogP contribution is -2.49. The van der Waals surface area contributed by atoms with Crippen molar-refractivity contribution in [2.75, 3.05) is 6.26 Å². The number of nitrogens with one attached hydrogen (secondary N) is 1. The molecule has 0 fully saturated rings. The largest absolute Gasteiger partial charge is 0.439 e. The van der Waals surface area contributed by atoms with Crippen LogP contribution in [0.5, 0.6) is 11.6 Å². The number of carbonyl (C=O) groups excluding carboxylic acids is 1. The first-order valence-electron chi connectivity index (χ1n) is 10.1. The predicted molar refractivity (Wildman–Crippen MR) is 123 cm³/mol. The highest BCUT2D eigenvalue weighted by Gasteiger charge is 2.43.